The Morgan fingerprint density at radius 2 is 1.94 bits per heavy atom. The molecule has 2 aromatic rings. The maximum absolute atomic E-state index is 13.1. The number of carbonyl (C=O) groups is 2. The van der Waals surface area contributed by atoms with Crippen LogP contribution in [0.25, 0.3) is 0 Å². The predicted molar refractivity (Wildman–Crippen MR) is 117 cm³/mol. The second kappa shape index (κ2) is 10.4. The monoisotopic (exact) mass is 463 g/mol. The van der Waals surface area contributed by atoms with Gasteiger partial charge in [-0.3, -0.25) is 19.2 Å². The van der Waals surface area contributed by atoms with Crippen molar-refractivity contribution in [2.75, 3.05) is 13.1 Å². The zero-order chi connectivity index (χ0) is 24.3. The lowest BCUT2D eigenvalue weighted by atomic mass is 9.65. The van der Waals surface area contributed by atoms with E-state index in [4.69, 9.17) is 14.4 Å². The van der Waals surface area contributed by atoms with Crippen molar-refractivity contribution >= 4 is 12.4 Å². The number of likely N-dealkylation sites (tertiary alicyclic amines) is 1. The van der Waals surface area contributed by atoms with Crippen LogP contribution in [0.15, 0.2) is 16.8 Å². The third-order valence-corrected chi connectivity index (χ3v) is 6.77. The summed E-state index contributed by atoms with van der Waals surface area (Å²) in [7, 11) is 1.90. The Balaban J connectivity index is 0.000000968. The van der Waals surface area contributed by atoms with Crippen LogP contribution >= 0.6 is 0 Å². The Morgan fingerprint density at radius 3 is 2.52 bits per heavy atom. The molecule has 0 bridgehead atoms. The summed E-state index contributed by atoms with van der Waals surface area (Å²) in [6.07, 6.45) is 0.259. The first-order chi connectivity index (χ1) is 15.7. The number of fused-ring (bicyclic) bond motifs is 1. The number of aromatic nitrogens is 3. The first-order valence-electron chi connectivity index (χ1n) is 11.0. The first-order valence-corrected chi connectivity index (χ1v) is 11.0. The number of amides is 1. The largest absolute Gasteiger partial charge is 0.483 e. The van der Waals surface area contributed by atoms with E-state index in [0.717, 1.165) is 23.5 Å². The molecule has 4 N–H and O–H groups in total. The maximum Gasteiger partial charge on any atom is 0.290 e. The molecule has 4 rings (SSSR count). The van der Waals surface area contributed by atoms with Gasteiger partial charge in [0.2, 0.25) is 5.91 Å². The normalized spacial score (nSPS) is 29.2. The molecule has 6 atom stereocenters. The molecular weight excluding hydrogens is 430 g/mol. The minimum Gasteiger partial charge on any atom is -0.483 e. The molecule has 1 saturated carbocycles. The van der Waals surface area contributed by atoms with Crippen molar-refractivity contribution in [3.63, 3.8) is 0 Å². The Kier molecular flexibility index (Phi) is 7.88. The number of aliphatic hydroxyl groups excluding tert-OH is 2. The van der Waals surface area contributed by atoms with Crippen LogP contribution < -0.4 is 5.32 Å². The second-order valence-corrected chi connectivity index (χ2v) is 9.06. The Morgan fingerprint density at radius 1 is 1.27 bits per heavy atom. The number of hydrogen-bond acceptors (Lipinski definition) is 8. The average molecular weight is 464 g/mol. The summed E-state index contributed by atoms with van der Waals surface area (Å²) in [5, 5.41) is 39.4. The highest BCUT2D eigenvalue weighted by molar-refractivity contribution is 5.79. The lowest BCUT2D eigenvalue weighted by Gasteiger charge is -2.43. The van der Waals surface area contributed by atoms with Crippen LogP contribution in [0.3, 0.4) is 0 Å². The summed E-state index contributed by atoms with van der Waals surface area (Å²) in [5.74, 6) is -0.392. The molecule has 1 saturated heterocycles. The second-order valence-electron chi connectivity index (χ2n) is 9.06. The minimum absolute atomic E-state index is 0.0214. The van der Waals surface area contributed by atoms with Gasteiger partial charge in [0, 0.05) is 56.3 Å². The lowest BCUT2D eigenvalue weighted by Crippen LogP contribution is -2.55. The van der Waals surface area contributed by atoms with Crippen LogP contribution in [-0.2, 0) is 29.7 Å². The van der Waals surface area contributed by atoms with Crippen LogP contribution in [0.2, 0.25) is 0 Å². The molecule has 3 heterocycles. The summed E-state index contributed by atoms with van der Waals surface area (Å²) >= 11 is 0. The van der Waals surface area contributed by atoms with Crippen molar-refractivity contribution in [2.45, 2.75) is 46.1 Å². The van der Waals surface area contributed by atoms with E-state index in [1.54, 1.807) is 10.7 Å². The molecular formula is C22H33N5O6. The molecule has 2 fully saturated rings. The minimum atomic E-state index is -0.922. The van der Waals surface area contributed by atoms with Crippen molar-refractivity contribution < 1.29 is 29.4 Å². The number of nitrogens with zero attached hydrogens (tertiary/aromatic N) is 4. The van der Waals surface area contributed by atoms with Crippen molar-refractivity contribution in [1.29, 1.82) is 0 Å². The van der Waals surface area contributed by atoms with Gasteiger partial charge < -0.3 is 25.2 Å². The maximum atomic E-state index is 13.1. The van der Waals surface area contributed by atoms with Crippen LogP contribution in [0.1, 0.15) is 29.6 Å². The molecule has 2 aliphatic rings. The number of hydrogen-bond donors (Lipinski definition) is 4. The SMILES string of the molecule is Cc1cc(CNC(=O)[C@H]2[C@@H](C)[C@H](O)[C@@H](O)[C@H]3CN(Cc4cn(C)nc4C)C[C@@H]32)on1.O=CO. The van der Waals surface area contributed by atoms with E-state index in [-0.39, 0.29) is 42.6 Å². The zero-order valence-electron chi connectivity index (χ0n) is 19.4. The highest BCUT2D eigenvalue weighted by Crippen LogP contribution is 2.44. The molecule has 0 unspecified atom stereocenters. The van der Waals surface area contributed by atoms with Gasteiger partial charge in [-0.15, -0.1) is 0 Å². The lowest BCUT2D eigenvalue weighted by molar-refractivity contribution is -0.146. The molecule has 0 radical (unpaired) electrons. The molecule has 1 amide bonds. The summed E-state index contributed by atoms with van der Waals surface area (Å²) in [6.45, 7) is 7.74. The fraction of sp³-hybridized carbons (Fsp3) is 0.636. The number of aliphatic hydroxyl groups is 2. The van der Waals surface area contributed by atoms with E-state index >= 15 is 0 Å². The number of aryl methyl sites for hydroxylation is 3. The van der Waals surface area contributed by atoms with E-state index in [2.05, 4.69) is 20.5 Å². The van der Waals surface area contributed by atoms with Crippen LogP contribution in [0.5, 0.6) is 0 Å². The van der Waals surface area contributed by atoms with Crippen molar-refractivity contribution in [3.05, 3.63) is 35.0 Å². The predicted octanol–water partition coefficient (Wildman–Crippen LogP) is 0.0778. The van der Waals surface area contributed by atoms with Gasteiger partial charge in [-0.25, -0.2) is 0 Å². The molecule has 2 aromatic heterocycles. The number of carbonyl (C=O) groups excluding carboxylic acids is 1. The van der Waals surface area contributed by atoms with Gasteiger partial charge >= 0.3 is 0 Å². The Bertz CT molecular complexity index is 959. The molecule has 1 aliphatic heterocycles. The number of rotatable bonds is 5. The van der Waals surface area contributed by atoms with Gasteiger partial charge in [0.15, 0.2) is 5.76 Å². The topological polar surface area (TPSA) is 154 Å². The van der Waals surface area contributed by atoms with Gasteiger partial charge in [0.25, 0.3) is 6.47 Å². The van der Waals surface area contributed by atoms with Gasteiger partial charge in [0.1, 0.15) is 0 Å². The quantitative estimate of drug-likeness (QED) is 0.451. The molecule has 33 heavy (non-hydrogen) atoms. The van der Waals surface area contributed by atoms with E-state index in [0.29, 0.717) is 18.8 Å². The van der Waals surface area contributed by atoms with Crippen LogP contribution in [0.4, 0.5) is 0 Å². The van der Waals surface area contributed by atoms with Crippen LogP contribution in [0, 0.1) is 37.5 Å². The van der Waals surface area contributed by atoms with Gasteiger partial charge in [-0.2, -0.15) is 5.10 Å². The molecule has 182 valence electrons. The van der Waals surface area contributed by atoms with E-state index in [9.17, 15) is 15.0 Å². The van der Waals surface area contributed by atoms with Gasteiger partial charge in [-0.1, -0.05) is 12.1 Å². The molecule has 11 nitrogen and oxygen atoms in total. The van der Waals surface area contributed by atoms with Gasteiger partial charge in [0.05, 0.1) is 30.1 Å². The summed E-state index contributed by atoms with van der Waals surface area (Å²) < 4.78 is 6.98. The van der Waals surface area contributed by atoms with E-state index in [1.165, 1.54) is 0 Å². The van der Waals surface area contributed by atoms with Crippen molar-refractivity contribution in [3.8, 4) is 0 Å². The first kappa shape index (κ1) is 24.9. The highest BCUT2D eigenvalue weighted by Gasteiger charge is 2.53. The molecule has 0 aromatic carbocycles. The Labute approximate surface area is 192 Å². The van der Waals surface area contributed by atoms with Gasteiger partial charge in [-0.05, 0) is 25.7 Å². The fourth-order valence-electron chi connectivity index (χ4n) is 5.25. The average Bonchev–Trinajstić information content (AvgIpc) is 3.44. The van der Waals surface area contributed by atoms with Crippen molar-refractivity contribution in [2.24, 2.45) is 30.7 Å². The Hall–Kier alpha value is -2.76. The molecule has 0 spiro atoms. The molecule has 11 heteroatoms. The third kappa shape index (κ3) is 5.43. The summed E-state index contributed by atoms with van der Waals surface area (Å²) in [5.41, 5.74) is 2.89. The highest BCUT2D eigenvalue weighted by atomic mass is 16.5. The third-order valence-electron chi connectivity index (χ3n) is 6.77. The number of carboxylic acid groups (broad SMARTS) is 1. The smallest absolute Gasteiger partial charge is 0.290 e. The molecule has 1 aliphatic carbocycles. The summed E-state index contributed by atoms with van der Waals surface area (Å²) in [6, 6.07) is 1.79. The summed E-state index contributed by atoms with van der Waals surface area (Å²) in [4.78, 5) is 23.7. The fourth-order valence-corrected chi connectivity index (χ4v) is 5.25. The number of nitrogens with one attached hydrogen (secondary N) is 1. The van der Waals surface area contributed by atoms with Crippen LogP contribution in [-0.4, -0.2) is 72.8 Å². The standard InChI is InChI=1S/C21H31N5O4.CH2O2/c1-11-5-15(30-24-11)6-22-21(29)18-12(2)19(27)20(28)17-10-26(9-16(17)18)8-14-7-25(4)23-13(14)3;2-1-3/h5,7,12,16-20,27-28H,6,8-10H2,1-4H3,(H,22,29);1H,(H,2,3)/t12-,16+,17+,18+,19+,20+;/m1./s1. The zero-order valence-corrected chi connectivity index (χ0v) is 19.4. The van der Waals surface area contributed by atoms with Crippen molar-refractivity contribution in [1.82, 2.24) is 25.2 Å². The van der Waals surface area contributed by atoms with E-state index in [1.807, 2.05) is 34.0 Å². The van der Waals surface area contributed by atoms with E-state index < -0.39 is 12.2 Å².